The monoisotopic (exact) mass is 352 g/mol. The van der Waals surface area contributed by atoms with E-state index in [9.17, 15) is 14.7 Å². The van der Waals surface area contributed by atoms with Gasteiger partial charge in [0.25, 0.3) is 0 Å². The van der Waals surface area contributed by atoms with Crippen molar-refractivity contribution >= 4 is 23.5 Å². The zero-order valence-corrected chi connectivity index (χ0v) is 13.7. The number of nitrogens with one attached hydrogen (secondary N) is 1. The maximum atomic E-state index is 11.7. The fourth-order valence-electron chi connectivity index (χ4n) is 1.87. The van der Waals surface area contributed by atoms with Crippen molar-refractivity contribution in [2.24, 2.45) is 0 Å². The fourth-order valence-corrected chi connectivity index (χ4v) is 2.10. The van der Waals surface area contributed by atoms with Crippen molar-refractivity contribution in [2.75, 3.05) is 6.54 Å². The van der Waals surface area contributed by atoms with Crippen molar-refractivity contribution in [3.05, 3.63) is 41.4 Å². The molecule has 1 atom stereocenters. The first-order valence-corrected chi connectivity index (χ1v) is 7.59. The number of aliphatic hydroxyl groups is 1. The molecule has 2 rings (SSSR count). The first-order chi connectivity index (χ1) is 11.3. The Labute approximate surface area is 143 Å². The van der Waals surface area contributed by atoms with Crippen molar-refractivity contribution in [1.29, 1.82) is 0 Å². The molecule has 3 N–H and O–H groups in total. The van der Waals surface area contributed by atoms with Crippen LogP contribution in [0.15, 0.2) is 34.9 Å². The Hall–Kier alpha value is -2.38. The van der Waals surface area contributed by atoms with E-state index in [4.69, 9.17) is 21.1 Å². The lowest BCUT2D eigenvalue weighted by molar-refractivity contribution is -0.156. The molecule has 128 valence electrons. The number of aromatic nitrogens is 1. The van der Waals surface area contributed by atoms with Gasteiger partial charge in [0.1, 0.15) is 0 Å². The van der Waals surface area contributed by atoms with E-state index < -0.39 is 17.5 Å². The van der Waals surface area contributed by atoms with Gasteiger partial charge in [0.2, 0.25) is 5.91 Å². The highest BCUT2D eigenvalue weighted by molar-refractivity contribution is 6.33. The van der Waals surface area contributed by atoms with E-state index in [-0.39, 0.29) is 19.4 Å². The smallest absolute Gasteiger partial charge is 0.337 e. The number of benzene rings is 1. The zero-order valence-electron chi connectivity index (χ0n) is 13.0. The van der Waals surface area contributed by atoms with Crippen molar-refractivity contribution < 1.29 is 24.2 Å². The summed E-state index contributed by atoms with van der Waals surface area (Å²) in [4.78, 5) is 26.5. The van der Waals surface area contributed by atoms with Gasteiger partial charge in [0.15, 0.2) is 17.3 Å². The summed E-state index contributed by atoms with van der Waals surface area (Å²) < 4.78 is 5.57. The van der Waals surface area contributed by atoms with Gasteiger partial charge in [-0.25, -0.2) is 9.78 Å². The molecule has 0 aliphatic carbocycles. The van der Waals surface area contributed by atoms with Crippen LogP contribution >= 0.6 is 11.6 Å². The highest BCUT2D eigenvalue weighted by Crippen LogP contribution is 2.28. The van der Waals surface area contributed by atoms with Crippen molar-refractivity contribution in [1.82, 2.24) is 10.3 Å². The van der Waals surface area contributed by atoms with Gasteiger partial charge >= 0.3 is 5.97 Å². The largest absolute Gasteiger partial charge is 0.479 e. The number of rotatable bonds is 7. The van der Waals surface area contributed by atoms with Crippen LogP contribution in [0.4, 0.5) is 0 Å². The standard InChI is InChI=1S/C16H17ClN2O5/c1-16(23,15(21)22)9-19-13(20)6-7-14-18-8-12(24-14)10-4-2-3-5-11(10)17/h2-5,8,23H,6-7,9H2,1H3,(H,19,20)(H,21,22). The molecule has 0 spiro atoms. The van der Waals surface area contributed by atoms with E-state index in [1.807, 2.05) is 6.07 Å². The molecule has 0 radical (unpaired) electrons. The first-order valence-electron chi connectivity index (χ1n) is 7.21. The van der Waals surface area contributed by atoms with Crippen LogP contribution in [0.5, 0.6) is 0 Å². The second kappa shape index (κ2) is 7.46. The number of halogens is 1. The highest BCUT2D eigenvalue weighted by Gasteiger charge is 2.30. The fraction of sp³-hybridized carbons (Fsp3) is 0.312. The molecule has 1 amide bonds. The predicted molar refractivity (Wildman–Crippen MR) is 86.5 cm³/mol. The summed E-state index contributed by atoms with van der Waals surface area (Å²) in [6.45, 7) is 0.733. The van der Waals surface area contributed by atoms with Crippen LogP contribution in [0, 0.1) is 0 Å². The van der Waals surface area contributed by atoms with E-state index >= 15 is 0 Å². The Morgan fingerprint density at radius 3 is 2.75 bits per heavy atom. The van der Waals surface area contributed by atoms with E-state index in [1.165, 1.54) is 6.20 Å². The molecule has 24 heavy (non-hydrogen) atoms. The van der Waals surface area contributed by atoms with Gasteiger partial charge in [-0.05, 0) is 19.1 Å². The third-order valence-electron chi connectivity index (χ3n) is 3.35. The molecular formula is C16H17ClN2O5. The quantitative estimate of drug-likeness (QED) is 0.701. The van der Waals surface area contributed by atoms with Gasteiger partial charge in [0.05, 0.1) is 17.8 Å². The molecule has 0 saturated heterocycles. The first kappa shape index (κ1) is 18.0. The second-order valence-electron chi connectivity index (χ2n) is 5.45. The molecule has 1 aromatic heterocycles. The van der Waals surface area contributed by atoms with Crippen molar-refractivity contribution in [2.45, 2.75) is 25.4 Å². The molecule has 0 bridgehead atoms. The maximum absolute atomic E-state index is 11.7. The van der Waals surface area contributed by atoms with Crippen LogP contribution in [0.3, 0.4) is 0 Å². The minimum atomic E-state index is -2.00. The van der Waals surface area contributed by atoms with Crippen LogP contribution < -0.4 is 5.32 Å². The highest BCUT2D eigenvalue weighted by atomic mass is 35.5. The van der Waals surface area contributed by atoms with Crippen molar-refractivity contribution in [3.8, 4) is 11.3 Å². The van der Waals surface area contributed by atoms with Gasteiger partial charge in [-0.3, -0.25) is 4.79 Å². The third kappa shape index (κ3) is 4.56. The van der Waals surface area contributed by atoms with Crippen molar-refractivity contribution in [3.63, 3.8) is 0 Å². The van der Waals surface area contributed by atoms with Crippen LogP contribution in [0.1, 0.15) is 19.2 Å². The lowest BCUT2D eigenvalue weighted by Crippen LogP contribution is -2.46. The number of hydrogen-bond acceptors (Lipinski definition) is 5. The number of aliphatic carboxylic acids is 1. The van der Waals surface area contributed by atoms with Crippen LogP contribution in [-0.2, 0) is 16.0 Å². The van der Waals surface area contributed by atoms with Gasteiger partial charge in [-0.2, -0.15) is 0 Å². The number of carboxylic acids is 1. The van der Waals surface area contributed by atoms with Crippen LogP contribution in [-0.4, -0.2) is 39.2 Å². The Morgan fingerprint density at radius 2 is 2.08 bits per heavy atom. The Bertz CT molecular complexity index is 742. The lowest BCUT2D eigenvalue weighted by atomic mass is 10.1. The molecule has 7 nitrogen and oxygen atoms in total. The molecule has 0 saturated carbocycles. The Kier molecular flexibility index (Phi) is 5.58. The van der Waals surface area contributed by atoms with Gasteiger partial charge in [-0.1, -0.05) is 23.7 Å². The lowest BCUT2D eigenvalue weighted by Gasteiger charge is -2.18. The maximum Gasteiger partial charge on any atom is 0.337 e. The normalized spacial score (nSPS) is 13.3. The number of carbonyl (C=O) groups excluding carboxylic acids is 1. The molecule has 1 aromatic carbocycles. The average Bonchev–Trinajstić information content (AvgIpc) is 3.00. The third-order valence-corrected chi connectivity index (χ3v) is 3.68. The minimum absolute atomic E-state index is 0.0537. The Balaban J connectivity index is 1.88. The summed E-state index contributed by atoms with van der Waals surface area (Å²) in [5.41, 5.74) is -1.30. The number of nitrogens with zero attached hydrogens (tertiary/aromatic N) is 1. The van der Waals surface area contributed by atoms with E-state index in [0.717, 1.165) is 6.92 Å². The summed E-state index contributed by atoms with van der Waals surface area (Å²) >= 11 is 6.08. The number of oxazole rings is 1. The van der Waals surface area contributed by atoms with Crippen LogP contribution in [0.25, 0.3) is 11.3 Å². The minimum Gasteiger partial charge on any atom is -0.479 e. The van der Waals surface area contributed by atoms with Gasteiger partial charge in [0, 0.05) is 18.4 Å². The van der Waals surface area contributed by atoms with Gasteiger partial charge < -0.3 is 19.9 Å². The molecule has 0 fully saturated rings. The second-order valence-corrected chi connectivity index (χ2v) is 5.86. The molecule has 1 heterocycles. The SMILES string of the molecule is CC(O)(CNC(=O)CCc1ncc(-c2ccccc2Cl)o1)C(=O)O. The van der Waals surface area contributed by atoms with Gasteiger partial charge in [-0.15, -0.1) is 0 Å². The molecule has 1 unspecified atom stereocenters. The molecule has 2 aromatic rings. The summed E-state index contributed by atoms with van der Waals surface area (Å²) in [6.07, 6.45) is 1.83. The average molecular weight is 353 g/mol. The molecule has 0 aliphatic heterocycles. The molecule has 0 aliphatic rings. The molecule has 8 heteroatoms. The number of carbonyl (C=O) groups is 2. The van der Waals surface area contributed by atoms with E-state index in [2.05, 4.69) is 10.3 Å². The number of aryl methyl sites for hydroxylation is 1. The van der Waals surface area contributed by atoms with Crippen LogP contribution in [0.2, 0.25) is 5.02 Å². The van der Waals surface area contributed by atoms with E-state index in [1.54, 1.807) is 18.2 Å². The number of hydrogen-bond donors (Lipinski definition) is 3. The summed E-state index contributed by atoms with van der Waals surface area (Å²) in [6, 6.07) is 7.17. The summed E-state index contributed by atoms with van der Waals surface area (Å²) in [7, 11) is 0. The summed E-state index contributed by atoms with van der Waals surface area (Å²) in [5.74, 6) is -0.941. The topological polar surface area (TPSA) is 113 Å². The number of amides is 1. The van der Waals surface area contributed by atoms with E-state index in [0.29, 0.717) is 22.2 Å². The molecular weight excluding hydrogens is 336 g/mol. The predicted octanol–water partition coefficient (Wildman–Crippen LogP) is 1.88. The Morgan fingerprint density at radius 1 is 1.38 bits per heavy atom. The zero-order chi connectivity index (χ0) is 17.7. The summed E-state index contributed by atoms with van der Waals surface area (Å²) in [5, 5.41) is 21.2. The number of carboxylic acid groups (broad SMARTS) is 1.